The quantitative estimate of drug-likeness (QED) is 0.483. The number of nitrogens with one attached hydrogen (secondary N) is 1. The molecule has 0 bridgehead atoms. The number of hydrogen-bond acceptors (Lipinski definition) is 5. The zero-order valence-corrected chi connectivity index (χ0v) is 9.37. The smallest absolute Gasteiger partial charge is 0.329 e. The van der Waals surface area contributed by atoms with E-state index in [0.29, 0.717) is 5.69 Å². The fraction of sp³-hybridized carbons (Fsp3) is 0.200. The van der Waals surface area contributed by atoms with Crippen molar-refractivity contribution in [3.63, 3.8) is 0 Å². The molecule has 1 aromatic rings. The van der Waals surface area contributed by atoms with E-state index >= 15 is 0 Å². The number of benzene rings is 1. The summed E-state index contributed by atoms with van der Waals surface area (Å²) in [6, 6.07) is 3.24. The first-order chi connectivity index (χ1) is 8.52. The summed E-state index contributed by atoms with van der Waals surface area (Å²) in [7, 11) is 1.33. The van der Waals surface area contributed by atoms with Gasteiger partial charge in [-0.15, -0.1) is 0 Å². The second-order valence-electron chi connectivity index (χ2n) is 3.55. The number of nitro benzene ring substituents is 1. The van der Waals surface area contributed by atoms with Gasteiger partial charge in [0.05, 0.1) is 23.8 Å². The number of carbonyl (C=O) groups excluding carboxylic acids is 2. The molecule has 0 spiro atoms. The van der Waals surface area contributed by atoms with Crippen LogP contribution in [0.15, 0.2) is 18.2 Å². The monoisotopic (exact) mass is 251 g/mol. The van der Waals surface area contributed by atoms with Crippen LogP contribution in [-0.2, 0) is 4.79 Å². The van der Waals surface area contributed by atoms with Crippen molar-refractivity contribution >= 4 is 23.3 Å². The van der Waals surface area contributed by atoms with Crippen molar-refractivity contribution in [1.82, 2.24) is 5.32 Å². The topological polar surface area (TPSA) is 102 Å². The van der Waals surface area contributed by atoms with E-state index in [2.05, 4.69) is 5.32 Å². The zero-order chi connectivity index (χ0) is 13.3. The van der Waals surface area contributed by atoms with Gasteiger partial charge in [-0.2, -0.15) is 0 Å². The molecule has 0 aromatic heterocycles. The third kappa shape index (κ3) is 1.95. The number of carbonyl (C=O) groups is 2. The molecule has 94 valence electrons. The van der Waals surface area contributed by atoms with Gasteiger partial charge in [0.15, 0.2) is 0 Å². The first-order valence-corrected chi connectivity index (χ1v) is 4.96. The van der Waals surface area contributed by atoms with E-state index in [1.54, 1.807) is 0 Å². The predicted octanol–water partition coefficient (Wildman–Crippen LogP) is 0.660. The molecule has 0 radical (unpaired) electrons. The van der Waals surface area contributed by atoms with E-state index in [0.717, 1.165) is 4.90 Å². The SMILES string of the molecule is COc1cc([N+](=O)[O-])ccc1N1CC(=O)NC1=O. The molecule has 2 rings (SSSR count). The summed E-state index contributed by atoms with van der Waals surface area (Å²) in [5.41, 5.74) is 0.160. The lowest BCUT2D eigenvalue weighted by molar-refractivity contribution is -0.384. The van der Waals surface area contributed by atoms with Gasteiger partial charge in [0.2, 0.25) is 5.91 Å². The Morgan fingerprint density at radius 1 is 1.44 bits per heavy atom. The number of urea groups is 1. The minimum absolute atomic E-state index is 0.132. The van der Waals surface area contributed by atoms with E-state index in [9.17, 15) is 19.7 Å². The van der Waals surface area contributed by atoms with E-state index in [1.807, 2.05) is 0 Å². The first-order valence-electron chi connectivity index (χ1n) is 4.96. The largest absolute Gasteiger partial charge is 0.494 e. The average molecular weight is 251 g/mol. The number of non-ortho nitro benzene ring substituents is 1. The number of nitrogens with zero attached hydrogens (tertiary/aromatic N) is 2. The maximum absolute atomic E-state index is 11.5. The third-order valence-electron chi connectivity index (χ3n) is 2.46. The standard InChI is InChI=1S/C10H9N3O5/c1-18-8-4-6(13(16)17)2-3-7(8)12-5-9(14)11-10(12)15/h2-4H,5H2,1H3,(H,11,14,15). The summed E-state index contributed by atoms with van der Waals surface area (Å²) in [6.45, 7) is -0.132. The minimum atomic E-state index is -0.577. The van der Waals surface area contributed by atoms with Crippen LogP contribution in [0.2, 0.25) is 0 Å². The van der Waals surface area contributed by atoms with Gasteiger partial charge in [-0.05, 0) is 6.07 Å². The molecule has 3 amide bonds. The van der Waals surface area contributed by atoms with Crippen LogP contribution in [0.1, 0.15) is 0 Å². The molecule has 0 unspecified atom stereocenters. The van der Waals surface area contributed by atoms with Crippen molar-refractivity contribution in [2.75, 3.05) is 18.6 Å². The Balaban J connectivity index is 2.42. The Hall–Kier alpha value is -2.64. The maximum Gasteiger partial charge on any atom is 0.329 e. The summed E-state index contributed by atoms with van der Waals surface area (Å²) in [4.78, 5) is 33.8. The van der Waals surface area contributed by atoms with Gasteiger partial charge in [0, 0.05) is 6.07 Å². The number of ether oxygens (including phenoxy) is 1. The normalized spacial score (nSPS) is 14.6. The molecule has 1 saturated heterocycles. The van der Waals surface area contributed by atoms with Gasteiger partial charge in [-0.1, -0.05) is 0 Å². The minimum Gasteiger partial charge on any atom is -0.494 e. The highest BCUT2D eigenvalue weighted by molar-refractivity contribution is 6.12. The van der Waals surface area contributed by atoms with Crippen molar-refractivity contribution in [3.05, 3.63) is 28.3 Å². The molecule has 0 aliphatic carbocycles. The number of imide groups is 1. The molecular formula is C10H9N3O5. The van der Waals surface area contributed by atoms with E-state index < -0.39 is 16.9 Å². The number of hydrogen-bond donors (Lipinski definition) is 1. The van der Waals surface area contributed by atoms with Crippen LogP contribution in [0.3, 0.4) is 0 Å². The number of rotatable bonds is 3. The average Bonchev–Trinajstić information content (AvgIpc) is 2.67. The van der Waals surface area contributed by atoms with Gasteiger partial charge in [-0.25, -0.2) is 4.79 Å². The predicted molar refractivity (Wildman–Crippen MR) is 60.5 cm³/mol. The van der Waals surface area contributed by atoms with Crippen LogP contribution in [0.25, 0.3) is 0 Å². The number of nitro groups is 1. The lowest BCUT2D eigenvalue weighted by atomic mass is 10.2. The van der Waals surface area contributed by atoms with Gasteiger partial charge in [-0.3, -0.25) is 25.1 Å². The molecule has 1 fully saturated rings. The Kier molecular flexibility index (Phi) is 2.84. The third-order valence-corrected chi connectivity index (χ3v) is 2.46. The van der Waals surface area contributed by atoms with Gasteiger partial charge in [0.1, 0.15) is 12.3 Å². The summed E-state index contributed by atoms with van der Waals surface area (Å²) in [5.74, 6) is -0.269. The molecule has 1 heterocycles. The van der Waals surface area contributed by atoms with Gasteiger partial charge >= 0.3 is 6.03 Å². The van der Waals surface area contributed by atoms with Crippen molar-refractivity contribution in [1.29, 1.82) is 0 Å². The van der Waals surface area contributed by atoms with Crippen LogP contribution in [-0.4, -0.2) is 30.5 Å². The highest BCUT2D eigenvalue weighted by atomic mass is 16.6. The van der Waals surface area contributed by atoms with Crippen molar-refractivity contribution < 1.29 is 19.2 Å². The summed E-state index contributed by atoms with van der Waals surface area (Å²) in [5, 5.41) is 12.7. The zero-order valence-electron chi connectivity index (χ0n) is 9.37. The van der Waals surface area contributed by atoms with E-state index in [4.69, 9.17) is 4.74 Å². The van der Waals surface area contributed by atoms with Crippen LogP contribution < -0.4 is 15.0 Å². The Labute approximate surface area is 101 Å². The first kappa shape index (κ1) is 11.8. The van der Waals surface area contributed by atoms with Gasteiger partial charge < -0.3 is 4.74 Å². The summed E-state index contributed by atoms with van der Waals surface area (Å²) >= 11 is 0. The maximum atomic E-state index is 11.5. The molecule has 1 aliphatic heterocycles. The van der Waals surface area contributed by atoms with Crippen molar-refractivity contribution in [2.24, 2.45) is 0 Å². The Morgan fingerprint density at radius 2 is 2.17 bits per heavy atom. The number of methoxy groups -OCH3 is 1. The van der Waals surface area contributed by atoms with E-state index in [1.165, 1.54) is 25.3 Å². The Bertz CT molecular complexity index is 542. The summed E-state index contributed by atoms with van der Waals surface area (Å²) < 4.78 is 4.99. The Morgan fingerprint density at radius 3 is 2.67 bits per heavy atom. The molecular weight excluding hydrogens is 242 g/mol. The van der Waals surface area contributed by atoms with Crippen molar-refractivity contribution in [3.8, 4) is 5.75 Å². The van der Waals surface area contributed by atoms with Crippen LogP contribution in [0.5, 0.6) is 5.75 Å². The molecule has 1 aliphatic rings. The van der Waals surface area contributed by atoms with Gasteiger partial charge in [0.25, 0.3) is 5.69 Å². The highest BCUT2D eigenvalue weighted by Gasteiger charge is 2.30. The highest BCUT2D eigenvalue weighted by Crippen LogP contribution is 2.32. The molecule has 1 aromatic carbocycles. The summed E-state index contributed by atoms with van der Waals surface area (Å²) in [6.07, 6.45) is 0. The lowest BCUT2D eigenvalue weighted by Gasteiger charge is -2.16. The molecule has 1 N–H and O–H groups in total. The molecule has 18 heavy (non-hydrogen) atoms. The fourth-order valence-corrected chi connectivity index (χ4v) is 1.64. The number of anilines is 1. The van der Waals surface area contributed by atoms with Crippen molar-refractivity contribution in [2.45, 2.75) is 0 Å². The molecule has 8 nitrogen and oxygen atoms in total. The lowest BCUT2D eigenvalue weighted by Crippen LogP contribution is -2.28. The van der Waals surface area contributed by atoms with Crippen LogP contribution in [0.4, 0.5) is 16.2 Å². The molecule has 8 heteroatoms. The fourth-order valence-electron chi connectivity index (χ4n) is 1.64. The second-order valence-corrected chi connectivity index (χ2v) is 3.55. The second kappa shape index (κ2) is 4.32. The number of amides is 3. The molecule has 0 atom stereocenters. The van der Waals surface area contributed by atoms with Crippen LogP contribution in [0, 0.1) is 10.1 Å². The van der Waals surface area contributed by atoms with Crippen LogP contribution >= 0.6 is 0 Å². The molecule has 0 saturated carbocycles. The van der Waals surface area contributed by atoms with E-state index in [-0.39, 0.29) is 18.0 Å².